The molecule has 1 aromatic heterocycles. The molecular formula is C19H21ClN2O5S2. The molecule has 3 aromatic rings. The zero-order valence-electron chi connectivity index (χ0n) is 16.2. The van der Waals surface area contributed by atoms with E-state index >= 15 is 0 Å². The number of benzene rings is 2. The van der Waals surface area contributed by atoms with Gasteiger partial charge >= 0.3 is 0 Å². The minimum absolute atomic E-state index is 0.0749. The van der Waals surface area contributed by atoms with Crippen LogP contribution in [0.3, 0.4) is 0 Å². The first-order valence-electron chi connectivity index (χ1n) is 8.79. The number of halogens is 1. The van der Waals surface area contributed by atoms with Crippen LogP contribution in [0.4, 0.5) is 0 Å². The number of sulfonamides is 1. The van der Waals surface area contributed by atoms with E-state index in [1.54, 1.807) is 14.2 Å². The molecule has 10 heteroatoms. The molecule has 0 bridgehead atoms. The fourth-order valence-corrected chi connectivity index (χ4v) is 5.14. The lowest BCUT2D eigenvalue weighted by atomic mass is 10.3. The summed E-state index contributed by atoms with van der Waals surface area (Å²) in [5, 5.41) is 0.455. The number of hydrogen-bond donors (Lipinski definition) is 0. The molecule has 0 unspecified atom stereocenters. The topological polar surface area (TPSA) is 79.1 Å². The summed E-state index contributed by atoms with van der Waals surface area (Å²) in [5.74, 6) is 1.11. The fraction of sp³-hybridized carbons (Fsp3) is 0.316. The highest BCUT2D eigenvalue weighted by molar-refractivity contribution is 7.90. The second kappa shape index (κ2) is 9.17. The van der Waals surface area contributed by atoms with Crippen molar-refractivity contribution in [2.75, 3.05) is 27.4 Å². The summed E-state index contributed by atoms with van der Waals surface area (Å²) < 4.78 is 48.6. The van der Waals surface area contributed by atoms with E-state index < -0.39 is 10.0 Å². The number of ether oxygens (including phenoxy) is 3. The van der Waals surface area contributed by atoms with Gasteiger partial charge in [0, 0.05) is 30.3 Å². The van der Waals surface area contributed by atoms with Crippen LogP contribution in [0.25, 0.3) is 10.2 Å². The second-order valence-corrected chi connectivity index (χ2v) is 8.98. The SMILES string of the molecule is CCOCCn1c(=NS(=O)(=O)c2ccc(Cl)cc2)sc2cc(OC)c(OC)cc21. The average Bonchev–Trinajstić information content (AvgIpc) is 3.02. The molecule has 0 spiro atoms. The standard InChI is InChI=1S/C19H21ClN2O5S2/c1-4-27-10-9-22-15-11-16(25-2)17(26-3)12-18(15)28-19(22)21-29(23,24)14-7-5-13(20)6-8-14/h5-8,11-12H,4,9-10H2,1-3H3. The van der Waals surface area contributed by atoms with Crippen LogP contribution in [0.2, 0.25) is 5.02 Å². The van der Waals surface area contributed by atoms with Gasteiger partial charge in [0.2, 0.25) is 4.80 Å². The fourth-order valence-electron chi connectivity index (χ4n) is 2.75. The normalized spacial score (nSPS) is 12.5. The van der Waals surface area contributed by atoms with Crippen LogP contribution < -0.4 is 14.3 Å². The Hall–Kier alpha value is -2.07. The van der Waals surface area contributed by atoms with Gasteiger partial charge in [-0.3, -0.25) is 0 Å². The number of hydrogen-bond acceptors (Lipinski definition) is 6. The highest BCUT2D eigenvalue weighted by atomic mass is 35.5. The minimum atomic E-state index is -3.91. The highest BCUT2D eigenvalue weighted by Crippen LogP contribution is 2.33. The molecule has 0 saturated heterocycles. The molecule has 2 aromatic carbocycles. The van der Waals surface area contributed by atoms with E-state index in [4.69, 9.17) is 25.8 Å². The quantitative estimate of drug-likeness (QED) is 0.483. The summed E-state index contributed by atoms with van der Waals surface area (Å²) in [6, 6.07) is 9.53. The van der Waals surface area contributed by atoms with E-state index in [0.717, 1.165) is 10.2 Å². The van der Waals surface area contributed by atoms with E-state index in [9.17, 15) is 8.42 Å². The molecule has 0 aliphatic heterocycles. The Kier molecular flexibility index (Phi) is 6.84. The van der Waals surface area contributed by atoms with Gasteiger partial charge in [0.05, 0.1) is 35.9 Å². The van der Waals surface area contributed by atoms with Crippen molar-refractivity contribution < 1.29 is 22.6 Å². The van der Waals surface area contributed by atoms with Crippen LogP contribution in [-0.4, -0.2) is 40.4 Å². The van der Waals surface area contributed by atoms with E-state index in [0.29, 0.717) is 41.1 Å². The Morgan fingerprint density at radius 1 is 1.10 bits per heavy atom. The van der Waals surface area contributed by atoms with Gasteiger partial charge in [-0.2, -0.15) is 8.42 Å². The van der Waals surface area contributed by atoms with Gasteiger partial charge < -0.3 is 18.8 Å². The zero-order chi connectivity index (χ0) is 21.0. The smallest absolute Gasteiger partial charge is 0.285 e. The number of aromatic nitrogens is 1. The monoisotopic (exact) mass is 456 g/mol. The Labute approximate surface area is 178 Å². The van der Waals surface area contributed by atoms with Crippen molar-refractivity contribution in [3.05, 3.63) is 46.2 Å². The summed E-state index contributed by atoms with van der Waals surface area (Å²) in [7, 11) is -0.805. The van der Waals surface area contributed by atoms with Gasteiger partial charge in [-0.25, -0.2) is 0 Å². The van der Waals surface area contributed by atoms with Gasteiger partial charge in [0.25, 0.3) is 10.0 Å². The molecule has 1 heterocycles. The molecule has 3 rings (SSSR count). The molecule has 0 atom stereocenters. The molecule has 0 radical (unpaired) electrons. The highest BCUT2D eigenvalue weighted by Gasteiger charge is 2.17. The van der Waals surface area contributed by atoms with Gasteiger partial charge in [-0.15, -0.1) is 4.40 Å². The molecule has 0 aliphatic carbocycles. The maximum absolute atomic E-state index is 12.8. The van der Waals surface area contributed by atoms with Gasteiger partial charge in [0.1, 0.15) is 0 Å². The first-order valence-corrected chi connectivity index (χ1v) is 11.4. The van der Waals surface area contributed by atoms with Crippen LogP contribution in [0.5, 0.6) is 11.5 Å². The van der Waals surface area contributed by atoms with Crippen molar-refractivity contribution in [2.24, 2.45) is 4.40 Å². The summed E-state index contributed by atoms with van der Waals surface area (Å²) in [4.78, 5) is 0.413. The molecule has 0 N–H and O–H groups in total. The Morgan fingerprint density at radius 2 is 1.76 bits per heavy atom. The third-order valence-corrected chi connectivity index (χ3v) is 6.85. The summed E-state index contributed by atoms with van der Waals surface area (Å²) in [6.07, 6.45) is 0. The van der Waals surface area contributed by atoms with Gasteiger partial charge in [0.15, 0.2) is 11.5 Å². The summed E-state index contributed by atoms with van der Waals surface area (Å²) in [5.41, 5.74) is 0.789. The molecule has 0 amide bonds. The third kappa shape index (κ3) is 4.75. The lowest BCUT2D eigenvalue weighted by Gasteiger charge is -2.09. The first kappa shape index (κ1) is 21.6. The minimum Gasteiger partial charge on any atom is -0.493 e. The van der Waals surface area contributed by atoms with Gasteiger partial charge in [-0.1, -0.05) is 22.9 Å². The summed E-state index contributed by atoms with van der Waals surface area (Å²) in [6.45, 7) is 3.33. The lowest BCUT2D eigenvalue weighted by molar-refractivity contribution is 0.139. The largest absolute Gasteiger partial charge is 0.493 e. The Morgan fingerprint density at radius 3 is 2.38 bits per heavy atom. The van der Waals surface area contributed by atoms with Crippen molar-refractivity contribution in [2.45, 2.75) is 18.4 Å². The number of rotatable bonds is 8. The number of fused-ring (bicyclic) bond motifs is 1. The van der Waals surface area contributed by atoms with Crippen LogP contribution in [0, 0.1) is 0 Å². The second-order valence-electron chi connectivity index (χ2n) is 5.93. The number of methoxy groups -OCH3 is 2. The predicted molar refractivity (Wildman–Crippen MR) is 114 cm³/mol. The van der Waals surface area contributed by atoms with Crippen molar-refractivity contribution in [3.8, 4) is 11.5 Å². The van der Waals surface area contributed by atoms with Gasteiger partial charge in [-0.05, 0) is 31.2 Å². The van der Waals surface area contributed by atoms with Crippen molar-refractivity contribution in [1.29, 1.82) is 0 Å². The lowest BCUT2D eigenvalue weighted by Crippen LogP contribution is -2.20. The molecule has 0 fully saturated rings. The maximum Gasteiger partial charge on any atom is 0.285 e. The van der Waals surface area contributed by atoms with Crippen LogP contribution >= 0.6 is 22.9 Å². The first-order chi connectivity index (χ1) is 13.9. The number of nitrogens with zero attached hydrogens (tertiary/aromatic N) is 2. The zero-order valence-corrected chi connectivity index (χ0v) is 18.6. The van der Waals surface area contributed by atoms with Crippen LogP contribution in [0.15, 0.2) is 45.7 Å². The molecule has 156 valence electrons. The molecule has 7 nitrogen and oxygen atoms in total. The van der Waals surface area contributed by atoms with E-state index in [-0.39, 0.29) is 4.90 Å². The van der Waals surface area contributed by atoms with E-state index in [1.165, 1.54) is 35.6 Å². The maximum atomic E-state index is 12.8. The molecule has 0 saturated carbocycles. The van der Waals surface area contributed by atoms with Crippen LogP contribution in [0.1, 0.15) is 6.92 Å². The third-order valence-electron chi connectivity index (χ3n) is 4.16. The van der Waals surface area contributed by atoms with E-state index in [1.807, 2.05) is 23.6 Å². The Bertz CT molecular complexity index is 1170. The van der Waals surface area contributed by atoms with E-state index in [2.05, 4.69) is 4.40 Å². The molecular weight excluding hydrogens is 436 g/mol. The predicted octanol–water partition coefficient (Wildman–Crippen LogP) is 3.70. The van der Waals surface area contributed by atoms with Crippen molar-refractivity contribution >= 4 is 43.2 Å². The van der Waals surface area contributed by atoms with Crippen molar-refractivity contribution in [1.82, 2.24) is 4.57 Å². The Balaban J connectivity index is 2.20. The average molecular weight is 457 g/mol. The molecule has 29 heavy (non-hydrogen) atoms. The van der Waals surface area contributed by atoms with Crippen LogP contribution in [-0.2, 0) is 21.3 Å². The number of thiazole rings is 1. The molecule has 0 aliphatic rings. The summed E-state index contributed by atoms with van der Waals surface area (Å²) >= 11 is 7.12. The van der Waals surface area contributed by atoms with Crippen molar-refractivity contribution in [3.63, 3.8) is 0 Å².